The highest BCUT2D eigenvalue weighted by Gasteiger charge is 2.30. The van der Waals surface area contributed by atoms with Gasteiger partial charge in [-0.3, -0.25) is 14.4 Å². The van der Waals surface area contributed by atoms with Crippen molar-refractivity contribution in [1.29, 1.82) is 0 Å². The summed E-state index contributed by atoms with van der Waals surface area (Å²) >= 11 is 0. The zero-order valence-electron chi connectivity index (χ0n) is 15.0. The lowest BCUT2D eigenvalue weighted by Gasteiger charge is -2.34. The molecule has 0 aliphatic carbocycles. The van der Waals surface area contributed by atoms with Crippen molar-refractivity contribution in [3.05, 3.63) is 30.3 Å². The first-order valence-electron chi connectivity index (χ1n) is 8.57. The van der Waals surface area contributed by atoms with Gasteiger partial charge in [-0.05, 0) is 19.1 Å². The van der Waals surface area contributed by atoms with Crippen molar-refractivity contribution >= 4 is 27.8 Å². The average Bonchev–Trinajstić information content (AvgIpc) is 2.66. The first-order valence-corrected chi connectivity index (χ1v) is 10.0. The normalized spacial score (nSPS) is 16.6. The maximum atomic E-state index is 12.6. The number of carboxylic acid groups (broad SMARTS) is 1. The second-order valence-electron chi connectivity index (χ2n) is 6.23. The number of nitrogens with one attached hydrogen (secondary N) is 1. The van der Waals surface area contributed by atoms with Crippen LogP contribution in [0.15, 0.2) is 35.2 Å². The van der Waals surface area contributed by atoms with E-state index in [4.69, 9.17) is 5.11 Å². The fourth-order valence-corrected chi connectivity index (χ4v) is 4.12. The maximum Gasteiger partial charge on any atom is 0.325 e. The Morgan fingerprint density at radius 1 is 1.07 bits per heavy atom. The number of carboxylic acids is 1. The van der Waals surface area contributed by atoms with Crippen LogP contribution in [0, 0.1) is 0 Å². The van der Waals surface area contributed by atoms with Gasteiger partial charge >= 0.3 is 5.97 Å². The number of carbonyl (C=O) groups is 3. The van der Waals surface area contributed by atoms with E-state index in [0.717, 1.165) is 0 Å². The van der Waals surface area contributed by atoms with Gasteiger partial charge in [0.25, 0.3) is 0 Å². The van der Waals surface area contributed by atoms with E-state index in [2.05, 4.69) is 5.32 Å². The topological polar surface area (TPSA) is 124 Å². The van der Waals surface area contributed by atoms with Crippen molar-refractivity contribution in [2.24, 2.45) is 0 Å². The Morgan fingerprint density at radius 2 is 1.67 bits per heavy atom. The summed E-state index contributed by atoms with van der Waals surface area (Å²) in [7, 11) is -3.58. The lowest BCUT2D eigenvalue weighted by molar-refractivity contribution is -0.141. The van der Waals surface area contributed by atoms with Gasteiger partial charge in [0.1, 0.15) is 6.04 Å². The Morgan fingerprint density at radius 3 is 2.22 bits per heavy atom. The summed E-state index contributed by atoms with van der Waals surface area (Å²) in [4.78, 5) is 36.3. The molecule has 0 radical (unpaired) electrons. The highest BCUT2D eigenvalue weighted by Crippen LogP contribution is 2.17. The van der Waals surface area contributed by atoms with Crippen LogP contribution in [0.25, 0.3) is 0 Å². The number of carbonyl (C=O) groups excluding carboxylic acids is 2. The van der Waals surface area contributed by atoms with Gasteiger partial charge in [0.2, 0.25) is 21.8 Å². The van der Waals surface area contributed by atoms with Crippen LogP contribution in [0.2, 0.25) is 0 Å². The van der Waals surface area contributed by atoms with Crippen LogP contribution < -0.4 is 5.32 Å². The predicted octanol–water partition coefficient (Wildman–Crippen LogP) is -0.111. The smallest absolute Gasteiger partial charge is 0.325 e. The monoisotopic (exact) mass is 397 g/mol. The lowest BCUT2D eigenvalue weighted by Crippen LogP contribution is -2.50. The SMILES string of the molecule is C[C@H](NC(=O)CCC(=O)N1CCN(S(=O)(=O)c2ccccc2)CC1)C(=O)O. The van der Waals surface area contributed by atoms with Crippen LogP contribution in [0.5, 0.6) is 0 Å². The zero-order valence-corrected chi connectivity index (χ0v) is 15.8. The van der Waals surface area contributed by atoms with Crippen LogP contribution >= 0.6 is 0 Å². The summed E-state index contributed by atoms with van der Waals surface area (Å²) in [5.41, 5.74) is 0. The number of rotatable bonds is 7. The van der Waals surface area contributed by atoms with Crippen molar-refractivity contribution in [2.75, 3.05) is 26.2 Å². The van der Waals surface area contributed by atoms with Crippen molar-refractivity contribution in [2.45, 2.75) is 30.7 Å². The van der Waals surface area contributed by atoms with E-state index in [1.165, 1.54) is 28.3 Å². The lowest BCUT2D eigenvalue weighted by atomic mass is 10.2. The number of sulfonamides is 1. The molecule has 9 nitrogen and oxygen atoms in total. The average molecular weight is 397 g/mol. The summed E-state index contributed by atoms with van der Waals surface area (Å²) in [6, 6.07) is 7.10. The third-order valence-corrected chi connectivity index (χ3v) is 6.20. The van der Waals surface area contributed by atoms with Crippen LogP contribution in [0.1, 0.15) is 19.8 Å². The molecule has 0 aromatic heterocycles. The minimum Gasteiger partial charge on any atom is -0.480 e. The molecule has 10 heteroatoms. The van der Waals surface area contributed by atoms with Crippen molar-refractivity contribution in [3.63, 3.8) is 0 Å². The van der Waals surface area contributed by atoms with Crippen LogP contribution in [0.3, 0.4) is 0 Å². The van der Waals surface area contributed by atoms with Crippen LogP contribution in [0.4, 0.5) is 0 Å². The standard InChI is InChI=1S/C17H23N3O6S/c1-13(17(23)24)18-15(21)7-8-16(22)19-9-11-20(12-10-19)27(25,26)14-5-3-2-4-6-14/h2-6,13H,7-12H2,1H3,(H,18,21)(H,23,24)/t13-/m0/s1. The number of hydrogen-bond acceptors (Lipinski definition) is 5. The van der Waals surface area contributed by atoms with Crippen molar-refractivity contribution < 1.29 is 27.9 Å². The summed E-state index contributed by atoms with van der Waals surface area (Å²) in [6.45, 7) is 2.21. The van der Waals surface area contributed by atoms with E-state index in [1.807, 2.05) is 0 Å². The third kappa shape index (κ3) is 5.51. The second kappa shape index (κ2) is 8.96. The van der Waals surface area contributed by atoms with Gasteiger partial charge < -0.3 is 15.3 Å². The number of hydrogen-bond donors (Lipinski definition) is 2. The Balaban J connectivity index is 1.82. The Labute approximate surface area is 158 Å². The molecule has 1 atom stereocenters. The molecule has 1 aliphatic rings. The van der Waals surface area contributed by atoms with Gasteiger partial charge in [-0.2, -0.15) is 4.31 Å². The molecule has 27 heavy (non-hydrogen) atoms. The van der Waals surface area contributed by atoms with Crippen molar-refractivity contribution in [1.82, 2.24) is 14.5 Å². The molecule has 1 saturated heterocycles. The van der Waals surface area contributed by atoms with Crippen LogP contribution in [-0.2, 0) is 24.4 Å². The van der Waals surface area contributed by atoms with Crippen molar-refractivity contribution in [3.8, 4) is 0 Å². The molecule has 2 rings (SSSR count). The van der Waals surface area contributed by atoms with Gasteiger partial charge in [0, 0.05) is 39.0 Å². The van der Waals surface area contributed by atoms with E-state index < -0.39 is 27.9 Å². The van der Waals surface area contributed by atoms with Gasteiger partial charge in [-0.1, -0.05) is 18.2 Å². The Kier molecular flexibility index (Phi) is 6.92. The Bertz CT molecular complexity index is 788. The fourth-order valence-electron chi connectivity index (χ4n) is 2.67. The Hall–Kier alpha value is -2.46. The summed E-state index contributed by atoms with van der Waals surface area (Å²) in [5.74, 6) is -1.92. The largest absolute Gasteiger partial charge is 0.480 e. The minimum absolute atomic E-state index is 0.0520. The molecule has 1 heterocycles. The number of piperazine rings is 1. The van der Waals surface area contributed by atoms with Gasteiger partial charge in [-0.15, -0.1) is 0 Å². The molecule has 0 bridgehead atoms. The molecule has 148 valence electrons. The minimum atomic E-state index is -3.58. The number of aliphatic carboxylic acids is 1. The molecule has 1 aromatic carbocycles. The highest BCUT2D eigenvalue weighted by atomic mass is 32.2. The maximum absolute atomic E-state index is 12.6. The molecule has 2 amide bonds. The molecule has 1 fully saturated rings. The highest BCUT2D eigenvalue weighted by molar-refractivity contribution is 7.89. The molecular weight excluding hydrogens is 374 g/mol. The van der Waals surface area contributed by atoms with Gasteiger partial charge in [0.15, 0.2) is 0 Å². The molecule has 2 N–H and O–H groups in total. The molecule has 1 aromatic rings. The summed E-state index contributed by atoms with van der Waals surface area (Å²) in [6.07, 6.45) is -0.164. The van der Waals surface area contributed by atoms with Gasteiger partial charge in [-0.25, -0.2) is 8.42 Å². The number of nitrogens with zero attached hydrogens (tertiary/aromatic N) is 2. The van der Waals surface area contributed by atoms with E-state index in [-0.39, 0.29) is 49.8 Å². The molecule has 1 aliphatic heterocycles. The summed E-state index contributed by atoms with van der Waals surface area (Å²) < 4.78 is 26.5. The third-order valence-electron chi connectivity index (χ3n) is 4.29. The number of benzene rings is 1. The van der Waals surface area contributed by atoms with Gasteiger partial charge in [0.05, 0.1) is 4.90 Å². The first kappa shape index (κ1) is 20.8. The molecule has 0 unspecified atom stereocenters. The van der Waals surface area contributed by atoms with E-state index >= 15 is 0 Å². The predicted molar refractivity (Wildman–Crippen MR) is 96.3 cm³/mol. The molecule has 0 saturated carbocycles. The fraction of sp³-hybridized carbons (Fsp3) is 0.471. The molecular formula is C17H23N3O6S. The number of amides is 2. The second-order valence-corrected chi connectivity index (χ2v) is 8.16. The quantitative estimate of drug-likeness (QED) is 0.662. The molecule has 0 spiro atoms. The van der Waals surface area contributed by atoms with Crippen LogP contribution in [-0.4, -0.2) is 72.7 Å². The zero-order chi connectivity index (χ0) is 20.0. The van der Waals surface area contributed by atoms with E-state index in [0.29, 0.717) is 0 Å². The van der Waals surface area contributed by atoms with E-state index in [1.54, 1.807) is 18.2 Å². The van der Waals surface area contributed by atoms with E-state index in [9.17, 15) is 22.8 Å². The summed E-state index contributed by atoms with van der Waals surface area (Å²) in [5, 5.41) is 11.0. The first-order chi connectivity index (χ1) is 12.7.